The molecule has 1 atom stereocenters. The standard InChI is InChI=1S/C14H20N2O/c1-5-9-11(7-3)13(15)14(16-17)12(8-4)10-6-2/h5-10,13,17H,2,4,15H2,1,3H3/b9-5-,11-7+,12-10+,16-14-. The molecule has 0 heterocycles. The number of rotatable bonds is 6. The first kappa shape index (κ1) is 15.1. The van der Waals surface area contributed by atoms with Crippen LogP contribution in [0.5, 0.6) is 0 Å². The predicted molar refractivity (Wildman–Crippen MR) is 74.2 cm³/mol. The highest BCUT2D eigenvalue weighted by Crippen LogP contribution is 2.11. The Hall–Kier alpha value is -1.87. The summed E-state index contributed by atoms with van der Waals surface area (Å²) in [5, 5.41) is 12.3. The van der Waals surface area contributed by atoms with Gasteiger partial charge in [0.25, 0.3) is 0 Å². The number of nitrogens with zero attached hydrogens (tertiary/aromatic N) is 1. The molecule has 0 radical (unpaired) electrons. The van der Waals surface area contributed by atoms with E-state index in [9.17, 15) is 0 Å². The van der Waals surface area contributed by atoms with Gasteiger partial charge in [0.2, 0.25) is 0 Å². The first-order valence-electron chi connectivity index (χ1n) is 5.38. The van der Waals surface area contributed by atoms with E-state index in [-0.39, 0.29) is 0 Å². The lowest BCUT2D eigenvalue weighted by Crippen LogP contribution is -2.33. The first-order chi connectivity index (χ1) is 8.15. The average Bonchev–Trinajstić information content (AvgIpc) is 2.35. The highest BCUT2D eigenvalue weighted by molar-refractivity contribution is 6.07. The molecule has 0 aliphatic carbocycles. The molecule has 0 fully saturated rings. The number of hydrogen-bond acceptors (Lipinski definition) is 3. The van der Waals surface area contributed by atoms with Crippen LogP contribution >= 0.6 is 0 Å². The summed E-state index contributed by atoms with van der Waals surface area (Å²) < 4.78 is 0. The monoisotopic (exact) mass is 232 g/mol. The Balaban J connectivity index is 5.35. The van der Waals surface area contributed by atoms with Crippen LogP contribution < -0.4 is 5.73 Å². The minimum Gasteiger partial charge on any atom is -0.411 e. The predicted octanol–water partition coefficient (Wildman–Crippen LogP) is 2.96. The molecule has 0 aromatic heterocycles. The van der Waals surface area contributed by atoms with Gasteiger partial charge >= 0.3 is 0 Å². The van der Waals surface area contributed by atoms with E-state index in [1.54, 1.807) is 18.2 Å². The Bertz CT molecular complexity index is 387. The van der Waals surface area contributed by atoms with Crippen LogP contribution in [0.4, 0.5) is 0 Å². The molecule has 0 amide bonds. The SMILES string of the molecule is C=C/C=C(C=C)/C(=N/O)C(N)C(/C=C\C)=C/C. The van der Waals surface area contributed by atoms with Crippen molar-refractivity contribution in [2.45, 2.75) is 19.9 Å². The molecule has 0 saturated carbocycles. The molecular weight excluding hydrogens is 212 g/mol. The molecule has 1 unspecified atom stereocenters. The first-order valence-corrected chi connectivity index (χ1v) is 5.38. The zero-order valence-corrected chi connectivity index (χ0v) is 10.4. The number of nitrogens with two attached hydrogens (primary N) is 1. The van der Waals surface area contributed by atoms with E-state index in [0.29, 0.717) is 11.3 Å². The summed E-state index contributed by atoms with van der Waals surface area (Å²) in [5.41, 5.74) is 7.93. The average molecular weight is 232 g/mol. The second kappa shape index (κ2) is 8.30. The fourth-order valence-electron chi connectivity index (χ4n) is 1.41. The van der Waals surface area contributed by atoms with Gasteiger partial charge in [0.15, 0.2) is 0 Å². The van der Waals surface area contributed by atoms with E-state index in [2.05, 4.69) is 18.3 Å². The van der Waals surface area contributed by atoms with Crippen molar-refractivity contribution in [3.05, 3.63) is 60.8 Å². The van der Waals surface area contributed by atoms with Crippen molar-refractivity contribution in [3.8, 4) is 0 Å². The van der Waals surface area contributed by atoms with Gasteiger partial charge in [-0.05, 0) is 19.4 Å². The van der Waals surface area contributed by atoms with Crippen molar-refractivity contribution in [2.75, 3.05) is 0 Å². The van der Waals surface area contributed by atoms with E-state index < -0.39 is 6.04 Å². The zero-order chi connectivity index (χ0) is 13.3. The smallest absolute Gasteiger partial charge is 0.108 e. The van der Waals surface area contributed by atoms with E-state index >= 15 is 0 Å². The van der Waals surface area contributed by atoms with Gasteiger partial charge in [-0.3, -0.25) is 0 Å². The number of oxime groups is 1. The van der Waals surface area contributed by atoms with Gasteiger partial charge in [-0.25, -0.2) is 0 Å². The van der Waals surface area contributed by atoms with Crippen LogP contribution in [0.25, 0.3) is 0 Å². The minimum absolute atomic E-state index is 0.367. The summed E-state index contributed by atoms with van der Waals surface area (Å²) >= 11 is 0. The van der Waals surface area contributed by atoms with E-state index in [0.717, 1.165) is 5.57 Å². The van der Waals surface area contributed by atoms with Crippen LogP contribution in [0.3, 0.4) is 0 Å². The summed E-state index contributed by atoms with van der Waals surface area (Å²) in [7, 11) is 0. The van der Waals surface area contributed by atoms with Crippen LogP contribution in [0, 0.1) is 0 Å². The maximum Gasteiger partial charge on any atom is 0.108 e. The van der Waals surface area contributed by atoms with Gasteiger partial charge in [0, 0.05) is 5.57 Å². The van der Waals surface area contributed by atoms with Gasteiger partial charge < -0.3 is 10.9 Å². The Labute approximate surface area is 103 Å². The topological polar surface area (TPSA) is 58.6 Å². The van der Waals surface area contributed by atoms with Gasteiger partial charge in [-0.2, -0.15) is 0 Å². The molecule has 0 aliphatic heterocycles. The van der Waals surface area contributed by atoms with Gasteiger partial charge in [0.05, 0.1) is 6.04 Å². The van der Waals surface area contributed by atoms with Crippen molar-refractivity contribution in [2.24, 2.45) is 10.9 Å². The molecule has 0 spiro atoms. The fraction of sp³-hybridized carbons (Fsp3) is 0.214. The molecular formula is C14H20N2O. The molecule has 0 aliphatic rings. The lowest BCUT2D eigenvalue weighted by atomic mass is 9.96. The second-order valence-electron chi connectivity index (χ2n) is 3.31. The van der Waals surface area contributed by atoms with Crippen LogP contribution in [-0.2, 0) is 0 Å². The molecule has 3 heteroatoms. The second-order valence-corrected chi connectivity index (χ2v) is 3.31. The molecule has 0 aromatic carbocycles. The van der Waals surface area contributed by atoms with E-state index in [4.69, 9.17) is 10.9 Å². The Kier molecular flexibility index (Phi) is 7.39. The van der Waals surface area contributed by atoms with Crippen molar-refractivity contribution in [1.82, 2.24) is 0 Å². The molecule has 0 aromatic rings. The van der Waals surface area contributed by atoms with Crippen LogP contribution in [-0.4, -0.2) is 17.0 Å². The lowest BCUT2D eigenvalue weighted by molar-refractivity contribution is 0.317. The molecule has 0 saturated heterocycles. The lowest BCUT2D eigenvalue weighted by Gasteiger charge is -2.15. The van der Waals surface area contributed by atoms with Crippen LogP contribution in [0.1, 0.15) is 13.8 Å². The summed E-state index contributed by atoms with van der Waals surface area (Å²) in [4.78, 5) is 0. The zero-order valence-electron chi connectivity index (χ0n) is 10.4. The Morgan fingerprint density at radius 1 is 1.35 bits per heavy atom. The third kappa shape index (κ3) is 4.25. The van der Waals surface area contributed by atoms with E-state index in [1.165, 1.54) is 0 Å². The van der Waals surface area contributed by atoms with Crippen molar-refractivity contribution in [1.29, 1.82) is 0 Å². The molecule has 17 heavy (non-hydrogen) atoms. The normalized spacial score (nSPS) is 16.1. The van der Waals surface area contributed by atoms with Gasteiger partial charge in [-0.1, -0.05) is 54.8 Å². The van der Waals surface area contributed by atoms with Crippen molar-refractivity contribution in [3.63, 3.8) is 0 Å². The summed E-state index contributed by atoms with van der Waals surface area (Å²) in [6.45, 7) is 11.0. The van der Waals surface area contributed by atoms with Crippen LogP contribution in [0.2, 0.25) is 0 Å². The van der Waals surface area contributed by atoms with Gasteiger partial charge in [-0.15, -0.1) is 0 Å². The fourth-order valence-corrected chi connectivity index (χ4v) is 1.41. The van der Waals surface area contributed by atoms with Crippen molar-refractivity contribution >= 4 is 5.71 Å². The highest BCUT2D eigenvalue weighted by Gasteiger charge is 2.16. The quantitative estimate of drug-likeness (QED) is 0.320. The molecule has 3 nitrogen and oxygen atoms in total. The Morgan fingerprint density at radius 2 is 2.00 bits per heavy atom. The van der Waals surface area contributed by atoms with E-state index in [1.807, 2.05) is 32.1 Å². The van der Waals surface area contributed by atoms with Crippen LogP contribution in [0.15, 0.2) is 65.9 Å². The molecule has 3 N–H and O–H groups in total. The maximum atomic E-state index is 9.07. The van der Waals surface area contributed by atoms with Crippen molar-refractivity contribution < 1.29 is 5.21 Å². The molecule has 0 rings (SSSR count). The molecule has 92 valence electrons. The largest absolute Gasteiger partial charge is 0.411 e. The summed E-state index contributed by atoms with van der Waals surface area (Å²) in [6, 6.07) is -0.495. The highest BCUT2D eigenvalue weighted by atomic mass is 16.4. The number of allylic oxidation sites excluding steroid dienone is 5. The Morgan fingerprint density at radius 3 is 2.35 bits per heavy atom. The summed E-state index contributed by atoms with van der Waals surface area (Å²) in [6.07, 6.45) is 10.5. The molecule has 0 bridgehead atoms. The number of hydrogen-bond donors (Lipinski definition) is 2. The minimum atomic E-state index is -0.495. The summed E-state index contributed by atoms with van der Waals surface area (Å²) in [5.74, 6) is 0. The maximum absolute atomic E-state index is 9.07. The van der Waals surface area contributed by atoms with Gasteiger partial charge in [0.1, 0.15) is 5.71 Å². The third-order valence-electron chi connectivity index (χ3n) is 2.27. The third-order valence-corrected chi connectivity index (χ3v) is 2.27.